The molecule has 0 aromatic heterocycles. The summed E-state index contributed by atoms with van der Waals surface area (Å²) in [5.74, 6) is -1.25. The fourth-order valence-corrected chi connectivity index (χ4v) is 3.99. The maximum Gasteiger partial charge on any atom is 0.415 e. The van der Waals surface area contributed by atoms with E-state index in [4.69, 9.17) is 27.4 Å². The van der Waals surface area contributed by atoms with E-state index in [0.29, 0.717) is 37.2 Å². The summed E-state index contributed by atoms with van der Waals surface area (Å²) in [5, 5.41) is 9.45. The van der Waals surface area contributed by atoms with E-state index in [2.05, 4.69) is 0 Å². The number of carboxylic acids is 1. The molecule has 0 radical (unpaired) electrons. The first kappa shape index (κ1) is 23.9. The molecule has 3 N–H and O–H groups in total. The van der Waals surface area contributed by atoms with E-state index in [-0.39, 0.29) is 23.5 Å². The highest BCUT2D eigenvalue weighted by atomic mass is 32.1. The van der Waals surface area contributed by atoms with Crippen LogP contribution in [-0.4, -0.2) is 70.9 Å². The lowest BCUT2D eigenvalue weighted by Crippen LogP contribution is -2.48. The van der Waals surface area contributed by atoms with Crippen molar-refractivity contribution in [1.82, 2.24) is 4.90 Å². The van der Waals surface area contributed by atoms with Crippen molar-refractivity contribution in [3.8, 4) is 0 Å². The second kappa shape index (κ2) is 9.41. The Balaban J connectivity index is 1.56. The van der Waals surface area contributed by atoms with Crippen LogP contribution in [0.25, 0.3) is 0 Å². The molecule has 9 nitrogen and oxygen atoms in total. The van der Waals surface area contributed by atoms with Crippen molar-refractivity contribution in [1.29, 1.82) is 0 Å². The predicted octanol–water partition coefficient (Wildman–Crippen LogP) is 2.15. The van der Waals surface area contributed by atoms with Gasteiger partial charge in [-0.15, -0.1) is 0 Å². The number of carboxylic acid groups (broad SMARTS) is 1. The summed E-state index contributed by atoms with van der Waals surface area (Å²) in [6.07, 6.45) is -1.59. The number of anilines is 1. The molecule has 2 aliphatic rings. The third-order valence-corrected chi connectivity index (χ3v) is 5.88. The largest absolute Gasteiger partial charge is 0.479 e. The fraction of sp³-hybridized carbons (Fsp3) is 0.545. The fourth-order valence-electron chi connectivity index (χ4n) is 3.85. The van der Waals surface area contributed by atoms with E-state index >= 15 is 0 Å². The summed E-state index contributed by atoms with van der Waals surface area (Å²) in [6, 6.07) is 6.85. The lowest BCUT2D eigenvalue weighted by Gasteiger charge is -2.36. The molecule has 0 bridgehead atoms. The Morgan fingerprint density at radius 2 is 1.81 bits per heavy atom. The number of aliphatic carboxylic acids is 1. The Bertz CT molecular complexity index is 890. The van der Waals surface area contributed by atoms with Crippen LogP contribution < -0.4 is 10.6 Å². The molecule has 2 heterocycles. The molecule has 2 atom stereocenters. The van der Waals surface area contributed by atoms with E-state index < -0.39 is 29.7 Å². The molecule has 1 aromatic rings. The molecular formula is C22H29N3O6S. The van der Waals surface area contributed by atoms with Crippen molar-refractivity contribution in [3.05, 3.63) is 29.8 Å². The van der Waals surface area contributed by atoms with Gasteiger partial charge in [0.25, 0.3) is 5.91 Å². The molecule has 3 rings (SSSR count). The smallest absolute Gasteiger partial charge is 0.415 e. The summed E-state index contributed by atoms with van der Waals surface area (Å²) in [7, 11) is 0. The normalized spacial score (nSPS) is 20.7. The van der Waals surface area contributed by atoms with Crippen LogP contribution in [0.1, 0.15) is 39.2 Å². The number of cyclic esters (lactones) is 1. The first-order chi connectivity index (χ1) is 15.0. The zero-order valence-electron chi connectivity index (χ0n) is 18.4. The van der Waals surface area contributed by atoms with Crippen LogP contribution in [-0.2, 0) is 19.1 Å². The monoisotopic (exact) mass is 463 g/mol. The van der Waals surface area contributed by atoms with Gasteiger partial charge in [-0.25, -0.2) is 9.59 Å². The Hall–Kier alpha value is -2.72. The predicted molar refractivity (Wildman–Crippen MR) is 122 cm³/mol. The number of hydrogen-bond acceptors (Lipinski definition) is 6. The van der Waals surface area contributed by atoms with Crippen LogP contribution in [0.3, 0.4) is 0 Å². The number of nitrogens with zero attached hydrogens (tertiary/aromatic N) is 2. The van der Waals surface area contributed by atoms with E-state index in [1.807, 2.05) is 20.8 Å². The zero-order valence-corrected chi connectivity index (χ0v) is 19.3. The minimum Gasteiger partial charge on any atom is -0.479 e. The Kier molecular flexibility index (Phi) is 7.04. The van der Waals surface area contributed by atoms with Gasteiger partial charge in [0.05, 0.1) is 12.6 Å². The molecule has 2 fully saturated rings. The molecule has 10 heteroatoms. The molecule has 174 valence electrons. The second-order valence-electron chi connectivity index (χ2n) is 9.14. The molecule has 2 amide bonds. The van der Waals surface area contributed by atoms with Gasteiger partial charge in [-0.05, 0) is 42.5 Å². The van der Waals surface area contributed by atoms with Crippen molar-refractivity contribution in [2.45, 2.75) is 51.9 Å². The zero-order chi connectivity index (χ0) is 23.6. The van der Waals surface area contributed by atoms with Gasteiger partial charge in [-0.3, -0.25) is 9.69 Å². The molecule has 0 aliphatic carbocycles. The number of carbonyl (C=O) groups is 3. The SMILES string of the molecule is CC(C)(C)C(OC1CCN(C(=O)C2CN(c3ccc(C(N)=S)cc3)C(=O)O2)CC1)C(=O)O. The summed E-state index contributed by atoms with van der Waals surface area (Å²) < 4.78 is 11.2. The van der Waals surface area contributed by atoms with Crippen molar-refractivity contribution >= 4 is 40.9 Å². The van der Waals surface area contributed by atoms with Gasteiger partial charge in [-0.1, -0.05) is 33.0 Å². The Labute approximate surface area is 192 Å². The first-order valence-corrected chi connectivity index (χ1v) is 10.9. The van der Waals surface area contributed by atoms with E-state index in [1.165, 1.54) is 4.90 Å². The van der Waals surface area contributed by atoms with Gasteiger partial charge >= 0.3 is 12.1 Å². The van der Waals surface area contributed by atoms with Gasteiger partial charge < -0.3 is 25.2 Å². The van der Waals surface area contributed by atoms with E-state index in [0.717, 1.165) is 0 Å². The van der Waals surface area contributed by atoms with Crippen LogP contribution in [0, 0.1) is 5.41 Å². The maximum absolute atomic E-state index is 12.9. The van der Waals surface area contributed by atoms with E-state index in [9.17, 15) is 19.5 Å². The van der Waals surface area contributed by atoms with Crippen LogP contribution in [0.4, 0.5) is 10.5 Å². The first-order valence-electron chi connectivity index (χ1n) is 10.5. The molecule has 32 heavy (non-hydrogen) atoms. The lowest BCUT2D eigenvalue weighted by atomic mass is 9.88. The number of nitrogens with two attached hydrogens (primary N) is 1. The molecule has 2 saturated heterocycles. The average Bonchev–Trinajstić information content (AvgIpc) is 3.12. The molecule has 1 aromatic carbocycles. The number of benzene rings is 1. The summed E-state index contributed by atoms with van der Waals surface area (Å²) in [4.78, 5) is 40.1. The van der Waals surface area contributed by atoms with Gasteiger partial charge in [0.15, 0.2) is 12.2 Å². The summed E-state index contributed by atoms with van der Waals surface area (Å²) >= 11 is 4.93. The van der Waals surface area contributed by atoms with Crippen LogP contribution in [0.5, 0.6) is 0 Å². The topological polar surface area (TPSA) is 122 Å². The van der Waals surface area contributed by atoms with Crippen molar-refractivity contribution < 1.29 is 29.0 Å². The highest BCUT2D eigenvalue weighted by molar-refractivity contribution is 7.80. The van der Waals surface area contributed by atoms with Gasteiger partial charge in [0.2, 0.25) is 0 Å². The van der Waals surface area contributed by atoms with Gasteiger partial charge in [0.1, 0.15) is 4.99 Å². The molecule has 0 spiro atoms. The van der Waals surface area contributed by atoms with Gasteiger partial charge in [-0.2, -0.15) is 0 Å². The minimum atomic E-state index is -0.990. The van der Waals surface area contributed by atoms with Crippen LogP contribution >= 0.6 is 12.2 Å². The highest BCUT2D eigenvalue weighted by Crippen LogP contribution is 2.28. The molecule has 2 aliphatic heterocycles. The van der Waals surface area contributed by atoms with Crippen LogP contribution in [0.2, 0.25) is 0 Å². The number of hydrogen-bond donors (Lipinski definition) is 2. The van der Waals surface area contributed by atoms with Crippen LogP contribution in [0.15, 0.2) is 24.3 Å². The Morgan fingerprint density at radius 1 is 1.22 bits per heavy atom. The molecule has 0 saturated carbocycles. The minimum absolute atomic E-state index is 0.117. The highest BCUT2D eigenvalue weighted by Gasteiger charge is 2.41. The number of thiocarbonyl (C=S) groups is 1. The number of carbonyl (C=O) groups excluding carboxylic acids is 2. The van der Waals surface area contributed by atoms with Crippen molar-refractivity contribution in [3.63, 3.8) is 0 Å². The summed E-state index contributed by atoms with van der Waals surface area (Å²) in [5.41, 5.74) is 6.35. The number of piperidine rings is 1. The number of likely N-dealkylation sites (tertiary alicyclic amines) is 1. The second-order valence-corrected chi connectivity index (χ2v) is 9.58. The van der Waals surface area contributed by atoms with Crippen molar-refractivity contribution in [2.24, 2.45) is 11.1 Å². The lowest BCUT2D eigenvalue weighted by molar-refractivity contribution is -0.168. The third kappa shape index (κ3) is 5.36. The Morgan fingerprint density at radius 3 is 2.31 bits per heavy atom. The number of rotatable bonds is 6. The quantitative estimate of drug-likeness (QED) is 0.616. The third-order valence-electron chi connectivity index (χ3n) is 5.64. The molecule has 2 unspecified atom stereocenters. The van der Waals surface area contributed by atoms with E-state index in [1.54, 1.807) is 29.2 Å². The number of ether oxygens (including phenoxy) is 2. The standard InChI is InChI=1S/C22H29N3O6S/c1-22(2,3)17(20(27)28)30-15-8-10-24(11-9-15)19(26)16-12-25(21(29)31-16)14-6-4-13(5-7-14)18(23)32/h4-7,15-17H,8-12H2,1-3H3,(H2,23,32)(H,27,28). The number of amides is 2. The van der Waals surface area contributed by atoms with Gasteiger partial charge in [0, 0.05) is 24.3 Å². The van der Waals surface area contributed by atoms with Crippen molar-refractivity contribution in [2.75, 3.05) is 24.5 Å². The average molecular weight is 464 g/mol. The molecular weight excluding hydrogens is 434 g/mol. The summed E-state index contributed by atoms with van der Waals surface area (Å²) in [6.45, 7) is 6.41. The maximum atomic E-state index is 12.9.